The van der Waals surface area contributed by atoms with Gasteiger partial charge in [-0.3, -0.25) is 4.79 Å². The van der Waals surface area contributed by atoms with Crippen LogP contribution in [0.1, 0.15) is 27.2 Å². The molecule has 25 heavy (non-hydrogen) atoms. The number of H-pyrrole nitrogens is 1. The molecule has 1 aromatic heterocycles. The number of aryl methyl sites for hydroxylation is 1. The minimum absolute atomic E-state index is 0.216. The molecule has 0 saturated heterocycles. The van der Waals surface area contributed by atoms with Gasteiger partial charge in [0.2, 0.25) is 0 Å². The molecule has 0 radical (unpaired) electrons. The van der Waals surface area contributed by atoms with Gasteiger partial charge in [-0.1, -0.05) is 17.7 Å². The van der Waals surface area contributed by atoms with Crippen LogP contribution in [0, 0.1) is 6.92 Å². The number of aromatic nitrogens is 1. The Bertz CT molecular complexity index is 930. The molecule has 3 aromatic rings. The zero-order valence-corrected chi connectivity index (χ0v) is 14.8. The molecule has 1 amide bonds. The van der Waals surface area contributed by atoms with Gasteiger partial charge in [-0.05, 0) is 58.7 Å². The number of amides is 1. The van der Waals surface area contributed by atoms with Crippen molar-refractivity contribution in [3.05, 3.63) is 69.3 Å². The zero-order chi connectivity index (χ0) is 18.2. The number of hydrogen-bond donors (Lipinski definition) is 2. The Balaban J connectivity index is 1.79. The van der Waals surface area contributed by atoms with E-state index in [2.05, 4.69) is 26.2 Å². The van der Waals surface area contributed by atoms with Crippen molar-refractivity contribution in [3.8, 4) is 0 Å². The zero-order valence-electron chi connectivity index (χ0n) is 13.2. The van der Waals surface area contributed by atoms with Gasteiger partial charge >= 0.3 is 6.18 Å². The van der Waals surface area contributed by atoms with E-state index in [-0.39, 0.29) is 12.5 Å². The highest BCUT2D eigenvalue weighted by Gasteiger charge is 2.32. The molecule has 1 heterocycles. The molecule has 0 atom stereocenters. The van der Waals surface area contributed by atoms with E-state index in [0.29, 0.717) is 26.5 Å². The lowest BCUT2D eigenvalue weighted by molar-refractivity contribution is -0.140. The third kappa shape index (κ3) is 3.87. The first-order chi connectivity index (χ1) is 11.7. The number of nitrogens with one attached hydrogen (secondary N) is 2. The number of hydrogen-bond acceptors (Lipinski definition) is 1. The van der Waals surface area contributed by atoms with Crippen molar-refractivity contribution in [2.75, 3.05) is 0 Å². The minimum atomic E-state index is -4.43. The fraction of sp³-hybridized carbons (Fsp3) is 0.167. The van der Waals surface area contributed by atoms with Gasteiger partial charge in [0.1, 0.15) is 5.69 Å². The maximum atomic E-state index is 12.8. The summed E-state index contributed by atoms with van der Waals surface area (Å²) in [6.07, 6.45) is -4.43. The number of benzene rings is 2. The van der Waals surface area contributed by atoms with Crippen LogP contribution in [-0.4, -0.2) is 10.9 Å². The molecule has 0 bridgehead atoms. The first kappa shape index (κ1) is 17.5. The Morgan fingerprint density at radius 3 is 2.48 bits per heavy atom. The average molecular weight is 411 g/mol. The second kappa shape index (κ2) is 6.55. The smallest absolute Gasteiger partial charge is 0.350 e. The third-order valence-electron chi connectivity index (χ3n) is 3.81. The third-order valence-corrected chi connectivity index (χ3v) is 4.44. The van der Waals surface area contributed by atoms with Crippen LogP contribution in [0.5, 0.6) is 0 Å². The highest BCUT2D eigenvalue weighted by molar-refractivity contribution is 9.10. The number of fused-ring (bicyclic) bond motifs is 1. The molecule has 0 aliphatic heterocycles. The van der Waals surface area contributed by atoms with Gasteiger partial charge in [0.15, 0.2) is 0 Å². The highest BCUT2D eigenvalue weighted by Crippen LogP contribution is 2.34. The van der Waals surface area contributed by atoms with Crippen LogP contribution in [-0.2, 0) is 12.7 Å². The highest BCUT2D eigenvalue weighted by atomic mass is 79.9. The summed E-state index contributed by atoms with van der Waals surface area (Å²) in [4.78, 5) is 14.5. The number of rotatable bonds is 3. The van der Waals surface area contributed by atoms with Crippen LogP contribution in [0.2, 0.25) is 0 Å². The standard InChI is InChI=1S/C18H14BrF3N2O/c1-10-2-4-12(5-3-10)17(25)23-9-11-6-13-8-15(18(20,21)22)24-16(13)14(19)7-11/h2-8,24H,9H2,1H3,(H,23,25). The van der Waals surface area contributed by atoms with E-state index in [1.165, 1.54) is 0 Å². The van der Waals surface area contributed by atoms with E-state index in [4.69, 9.17) is 0 Å². The van der Waals surface area contributed by atoms with Crippen molar-refractivity contribution >= 4 is 32.7 Å². The molecule has 2 N–H and O–H groups in total. The molecule has 7 heteroatoms. The van der Waals surface area contributed by atoms with Crippen LogP contribution >= 0.6 is 15.9 Å². The first-order valence-electron chi connectivity index (χ1n) is 7.47. The van der Waals surface area contributed by atoms with E-state index in [1.807, 2.05) is 19.1 Å². The quantitative estimate of drug-likeness (QED) is 0.613. The Morgan fingerprint density at radius 1 is 1.16 bits per heavy atom. The molecule has 0 aliphatic rings. The normalized spacial score (nSPS) is 11.7. The Kier molecular flexibility index (Phi) is 4.60. The summed E-state index contributed by atoms with van der Waals surface area (Å²) in [7, 11) is 0. The second-order valence-electron chi connectivity index (χ2n) is 5.77. The number of alkyl halides is 3. The van der Waals surface area contributed by atoms with Gasteiger partial charge in [-0.15, -0.1) is 0 Å². The van der Waals surface area contributed by atoms with E-state index in [0.717, 1.165) is 11.6 Å². The molecule has 2 aromatic carbocycles. The molecule has 3 rings (SSSR count). The molecule has 0 unspecified atom stereocenters. The van der Waals surface area contributed by atoms with Crippen LogP contribution in [0.25, 0.3) is 10.9 Å². The maximum absolute atomic E-state index is 12.8. The monoisotopic (exact) mass is 410 g/mol. The number of carbonyl (C=O) groups is 1. The minimum Gasteiger partial charge on any atom is -0.350 e. The number of aromatic amines is 1. The number of halogens is 4. The molecular formula is C18H14BrF3N2O. The van der Waals surface area contributed by atoms with Crippen LogP contribution in [0.3, 0.4) is 0 Å². The fourth-order valence-electron chi connectivity index (χ4n) is 2.50. The Morgan fingerprint density at radius 2 is 1.84 bits per heavy atom. The van der Waals surface area contributed by atoms with Crippen molar-refractivity contribution in [3.63, 3.8) is 0 Å². The summed E-state index contributed by atoms with van der Waals surface area (Å²) in [5.74, 6) is -0.235. The van der Waals surface area contributed by atoms with Gasteiger partial charge < -0.3 is 10.3 Å². The summed E-state index contributed by atoms with van der Waals surface area (Å²) in [5.41, 5.74) is 1.86. The van der Waals surface area contributed by atoms with Gasteiger partial charge in [0, 0.05) is 22.0 Å². The molecule has 0 fully saturated rings. The Labute approximate surface area is 150 Å². The summed E-state index contributed by atoms with van der Waals surface area (Å²) in [6, 6.07) is 11.5. The SMILES string of the molecule is Cc1ccc(C(=O)NCc2cc(Br)c3[nH]c(C(F)(F)F)cc3c2)cc1. The topological polar surface area (TPSA) is 44.9 Å². The van der Waals surface area contributed by atoms with Crippen LogP contribution < -0.4 is 5.32 Å². The molecule has 0 saturated carbocycles. The van der Waals surface area contributed by atoms with Crippen molar-refractivity contribution in [1.82, 2.24) is 10.3 Å². The largest absolute Gasteiger partial charge is 0.431 e. The molecule has 0 aliphatic carbocycles. The summed E-state index contributed by atoms with van der Waals surface area (Å²) >= 11 is 3.28. The van der Waals surface area contributed by atoms with Gasteiger partial charge in [0.05, 0.1) is 5.52 Å². The lowest BCUT2D eigenvalue weighted by Gasteiger charge is -2.07. The summed E-state index contributed by atoms with van der Waals surface area (Å²) < 4.78 is 39.0. The van der Waals surface area contributed by atoms with Crippen molar-refractivity contribution < 1.29 is 18.0 Å². The predicted octanol–water partition coefficient (Wildman–Crippen LogP) is 5.19. The lowest BCUT2D eigenvalue weighted by Crippen LogP contribution is -2.22. The fourth-order valence-corrected chi connectivity index (χ4v) is 3.12. The molecule has 3 nitrogen and oxygen atoms in total. The first-order valence-corrected chi connectivity index (χ1v) is 8.26. The van der Waals surface area contributed by atoms with Crippen LogP contribution in [0.4, 0.5) is 13.2 Å². The van der Waals surface area contributed by atoms with Crippen LogP contribution in [0.15, 0.2) is 46.9 Å². The average Bonchev–Trinajstić information content (AvgIpc) is 2.98. The number of carbonyl (C=O) groups excluding carboxylic acids is 1. The van der Waals surface area contributed by atoms with E-state index < -0.39 is 11.9 Å². The van der Waals surface area contributed by atoms with Crippen molar-refractivity contribution in [1.29, 1.82) is 0 Å². The van der Waals surface area contributed by atoms with E-state index in [9.17, 15) is 18.0 Å². The summed E-state index contributed by atoms with van der Waals surface area (Å²) in [6.45, 7) is 2.15. The second-order valence-corrected chi connectivity index (χ2v) is 6.63. The van der Waals surface area contributed by atoms with Crippen molar-refractivity contribution in [2.45, 2.75) is 19.6 Å². The van der Waals surface area contributed by atoms with E-state index >= 15 is 0 Å². The van der Waals surface area contributed by atoms with Gasteiger partial charge in [-0.2, -0.15) is 13.2 Å². The lowest BCUT2D eigenvalue weighted by atomic mass is 10.1. The maximum Gasteiger partial charge on any atom is 0.431 e. The van der Waals surface area contributed by atoms with Crippen molar-refractivity contribution in [2.24, 2.45) is 0 Å². The molecule has 0 spiro atoms. The van der Waals surface area contributed by atoms with Gasteiger partial charge in [-0.25, -0.2) is 0 Å². The Hall–Kier alpha value is -2.28. The van der Waals surface area contributed by atoms with Gasteiger partial charge in [0.25, 0.3) is 5.91 Å². The summed E-state index contributed by atoms with van der Waals surface area (Å²) in [5, 5.41) is 3.20. The van der Waals surface area contributed by atoms with E-state index in [1.54, 1.807) is 24.3 Å². The predicted molar refractivity (Wildman–Crippen MR) is 93.3 cm³/mol. The molecule has 130 valence electrons. The molecular weight excluding hydrogens is 397 g/mol.